The van der Waals surface area contributed by atoms with Gasteiger partial charge in [-0.2, -0.15) is 0 Å². The highest BCUT2D eigenvalue weighted by Crippen LogP contribution is 1.81. The fourth-order valence-corrected chi connectivity index (χ4v) is 0.342. The number of unbranched alkanes of at least 4 members (excludes halogenated alkanes) is 1. The zero-order chi connectivity index (χ0) is 4.83. The first-order valence-electron chi connectivity index (χ1n) is 2.10. The number of rotatable bonds is 1. The molecule has 0 nitrogen and oxygen atoms in total. The molecule has 0 fully saturated rings. The Labute approximate surface area is 41.5 Å². The van der Waals surface area contributed by atoms with E-state index in [1.54, 1.807) is 0 Å². The Morgan fingerprint density at radius 1 is 1.67 bits per heavy atom. The second-order valence-corrected chi connectivity index (χ2v) is 1.36. The Hall–Kier alpha value is -0.0100. The fraction of sp³-hybridized carbons (Fsp3) is 0.600. The van der Waals surface area contributed by atoms with E-state index in [1.165, 1.54) is 6.42 Å². The smallest absolute Gasteiger partial charge is 0.00893 e. The van der Waals surface area contributed by atoms with Crippen LogP contribution in [0.3, 0.4) is 0 Å². The molecule has 0 rings (SSSR count). The summed E-state index contributed by atoms with van der Waals surface area (Å²) >= 11 is 0. The predicted octanol–water partition coefficient (Wildman–Crippen LogP) is 1.62. The van der Waals surface area contributed by atoms with Crippen molar-refractivity contribution in [2.24, 2.45) is 0 Å². The minimum atomic E-state index is 1.03. The van der Waals surface area contributed by atoms with Crippen LogP contribution >= 0.6 is 9.24 Å². The van der Waals surface area contributed by atoms with Crippen LogP contribution in [0.1, 0.15) is 19.8 Å². The van der Waals surface area contributed by atoms with Gasteiger partial charge >= 0.3 is 0 Å². The van der Waals surface area contributed by atoms with Crippen LogP contribution in [0.15, 0.2) is 0 Å². The lowest BCUT2D eigenvalue weighted by Crippen LogP contribution is -1.55. The first-order chi connectivity index (χ1) is 2.91. The standard InChI is InChI=1S/C5H9P/c1-2-3-4-5-6/h2-3,6H2,1H3. The van der Waals surface area contributed by atoms with E-state index in [2.05, 4.69) is 27.7 Å². The van der Waals surface area contributed by atoms with Crippen molar-refractivity contribution in [2.45, 2.75) is 19.8 Å². The first kappa shape index (κ1) is 5.99. The molecule has 1 unspecified atom stereocenters. The number of hydrogen-bond donors (Lipinski definition) is 0. The molecule has 1 heteroatoms. The quantitative estimate of drug-likeness (QED) is 0.347. The first-order valence-corrected chi connectivity index (χ1v) is 2.68. The van der Waals surface area contributed by atoms with E-state index in [9.17, 15) is 0 Å². The third-order valence-electron chi connectivity index (χ3n) is 0.477. The summed E-state index contributed by atoms with van der Waals surface area (Å²) in [6.07, 6.45) is 2.20. The third-order valence-corrected chi connectivity index (χ3v) is 0.681. The van der Waals surface area contributed by atoms with Crippen LogP contribution in [0.4, 0.5) is 0 Å². The van der Waals surface area contributed by atoms with Crippen molar-refractivity contribution in [1.82, 2.24) is 0 Å². The number of hydrogen-bond acceptors (Lipinski definition) is 0. The molecule has 0 radical (unpaired) electrons. The van der Waals surface area contributed by atoms with Crippen LogP contribution in [-0.4, -0.2) is 0 Å². The van der Waals surface area contributed by atoms with Crippen LogP contribution in [0.5, 0.6) is 0 Å². The molecule has 0 aromatic carbocycles. The van der Waals surface area contributed by atoms with Gasteiger partial charge in [0.15, 0.2) is 0 Å². The molecule has 0 saturated carbocycles. The van der Waals surface area contributed by atoms with E-state index < -0.39 is 0 Å². The average Bonchev–Trinajstić information content (AvgIpc) is 1.61. The van der Waals surface area contributed by atoms with Crippen LogP contribution in [0, 0.1) is 11.6 Å². The van der Waals surface area contributed by atoms with E-state index in [0.717, 1.165) is 6.42 Å². The van der Waals surface area contributed by atoms with Gasteiger partial charge in [0, 0.05) is 6.42 Å². The second-order valence-electron chi connectivity index (χ2n) is 1.07. The average molecular weight is 100 g/mol. The fourth-order valence-electron chi connectivity index (χ4n) is 0.197. The Bertz CT molecular complexity index is 65.7. The molecule has 0 aromatic heterocycles. The molecule has 1 atom stereocenters. The largest absolute Gasteiger partial charge is 0.0992 e. The van der Waals surface area contributed by atoms with Gasteiger partial charge in [-0.05, 0) is 6.42 Å². The molecule has 0 aliphatic rings. The zero-order valence-electron chi connectivity index (χ0n) is 3.99. The second kappa shape index (κ2) is 4.99. The molecule has 0 saturated heterocycles. The summed E-state index contributed by atoms with van der Waals surface area (Å²) in [4.78, 5) is 0. The summed E-state index contributed by atoms with van der Waals surface area (Å²) in [5.74, 6) is 2.91. The highest BCUT2D eigenvalue weighted by Gasteiger charge is 1.63. The van der Waals surface area contributed by atoms with Crippen molar-refractivity contribution in [3.8, 4) is 11.6 Å². The molecule has 0 N–H and O–H groups in total. The summed E-state index contributed by atoms with van der Waals surface area (Å²) in [6.45, 7) is 2.12. The molecular weight excluding hydrogens is 91.0 g/mol. The molecule has 6 heavy (non-hydrogen) atoms. The molecule has 0 aliphatic carbocycles. The Morgan fingerprint density at radius 2 is 2.33 bits per heavy atom. The highest BCUT2D eigenvalue weighted by atomic mass is 31.0. The summed E-state index contributed by atoms with van der Waals surface area (Å²) in [7, 11) is 2.37. The lowest BCUT2D eigenvalue weighted by Gasteiger charge is -1.71. The Balaban J connectivity index is 2.79. The van der Waals surface area contributed by atoms with E-state index in [1.807, 2.05) is 0 Å². The molecule has 0 aromatic rings. The van der Waals surface area contributed by atoms with Crippen LogP contribution in [0.2, 0.25) is 0 Å². The lowest BCUT2D eigenvalue weighted by atomic mass is 10.4. The van der Waals surface area contributed by atoms with E-state index in [-0.39, 0.29) is 0 Å². The van der Waals surface area contributed by atoms with Crippen molar-refractivity contribution < 1.29 is 0 Å². The monoisotopic (exact) mass is 100 g/mol. The molecular formula is C5H9P. The third kappa shape index (κ3) is 3.99. The van der Waals surface area contributed by atoms with Crippen molar-refractivity contribution in [3.05, 3.63) is 0 Å². The maximum atomic E-state index is 2.91. The SMILES string of the molecule is CCCC#CP. The van der Waals surface area contributed by atoms with Gasteiger partial charge in [0.1, 0.15) is 0 Å². The van der Waals surface area contributed by atoms with Gasteiger partial charge in [-0.15, -0.1) is 0 Å². The minimum absolute atomic E-state index is 1.03. The van der Waals surface area contributed by atoms with Crippen LogP contribution < -0.4 is 0 Å². The Kier molecular flexibility index (Phi) is 4.98. The molecule has 34 valence electrons. The van der Waals surface area contributed by atoms with Gasteiger partial charge < -0.3 is 0 Å². The van der Waals surface area contributed by atoms with Crippen molar-refractivity contribution in [2.75, 3.05) is 0 Å². The van der Waals surface area contributed by atoms with Crippen LogP contribution in [0.25, 0.3) is 0 Å². The van der Waals surface area contributed by atoms with Crippen molar-refractivity contribution in [1.29, 1.82) is 0 Å². The minimum Gasteiger partial charge on any atom is -0.0992 e. The van der Waals surface area contributed by atoms with Crippen molar-refractivity contribution in [3.63, 3.8) is 0 Å². The Morgan fingerprint density at radius 3 is 2.50 bits per heavy atom. The normalized spacial score (nSPS) is 6.33. The van der Waals surface area contributed by atoms with Gasteiger partial charge in [-0.3, -0.25) is 0 Å². The summed E-state index contributed by atoms with van der Waals surface area (Å²) < 4.78 is 0. The van der Waals surface area contributed by atoms with E-state index >= 15 is 0 Å². The predicted molar refractivity (Wildman–Crippen MR) is 32.4 cm³/mol. The van der Waals surface area contributed by atoms with Crippen molar-refractivity contribution >= 4 is 9.24 Å². The van der Waals surface area contributed by atoms with E-state index in [4.69, 9.17) is 0 Å². The van der Waals surface area contributed by atoms with Gasteiger partial charge in [-0.1, -0.05) is 27.7 Å². The molecule has 0 amide bonds. The zero-order valence-corrected chi connectivity index (χ0v) is 5.15. The summed E-state index contributed by atoms with van der Waals surface area (Å²) in [5, 5.41) is 0. The lowest BCUT2D eigenvalue weighted by molar-refractivity contribution is 0.984. The molecule has 0 bridgehead atoms. The molecule has 0 spiro atoms. The van der Waals surface area contributed by atoms with Gasteiger partial charge in [0.2, 0.25) is 0 Å². The molecule has 0 aliphatic heterocycles. The van der Waals surface area contributed by atoms with E-state index in [0.29, 0.717) is 0 Å². The topological polar surface area (TPSA) is 0 Å². The maximum absolute atomic E-state index is 2.91. The molecule has 0 heterocycles. The summed E-state index contributed by atoms with van der Waals surface area (Å²) in [6, 6.07) is 0. The van der Waals surface area contributed by atoms with Crippen LogP contribution in [-0.2, 0) is 0 Å². The van der Waals surface area contributed by atoms with Gasteiger partial charge in [0.05, 0.1) is 0 Å². The maximum Gasteiger partial charge on any atom is 0.00893 e. The summed E-state index contributed by atoms with van der Waals surface area (Å²) in [5.41, 5.74) is 2.74. The van der Waals surface area contributed by atoms with Gasteiger partial charge in [0.25, 0.3) is 0 Å². The van der Waals surface area contributed by atoms with Gasteiger partial charge in [-0.25, -0.2) is 0 Å². The highest BCUT2D eigenvalue weighted by molar-refractivity contribution is 7.23.